The quantitative estimate of drug-likeness (QED) is 0.799. The fraction of sp³-hybridized carbons (Fsp3) is 0.368. The van der Waals surface area contributed by atoms with E-state index in [1.165, 1.54) is 6.08 Å². The van der Waals surface area contributed by atoms with Crippen molar-refractivity contribution in [2.75, 3.05) is 0 Å². The normalized spacial score (nSPS) is 37.1. The molecule has 0 aromatic carbocycles. The number of pyridine rings is 1. The predicted molar refractivity (Wildman–Crippen MR) is 87.3 cm³/mol. The molecule has 0 amide bonds. The summed E-state index contributed by atoms with van der Waals surface area (Å²) in [7, 11) is 0. The van der Waals surface area contributed by atoms with Crippen LogP contribution in [0.5, 0.6) is 5.75 Å². The second-order valence-electron chi connectivity index (χ2n) is 6.30. The van der Waals surface area contributed by atoms with Crippen molar-refractivity contribution in [1.29, 1.82) is 0 Å². The van der Waals surface area contributed by atoms with Gasteiger partial charge in [-0.3, -0.25) is 4.98 Å². The number of fused-ring (bicyclic) bond motifs is 2. The first-order valence-corrected chi connectivity index (χ1v) is 8.18. The Balaban J connectivity index is 1.61. The van der Waals surface area contributed by atoms with Crippen molar-refractivity contribution < 1.29 is 19.0 Å². The summed E-state index contributed by atoms with van der Waals surface area (Å²) in [5.41, 5.74) is 0. The zero-order valence-electron chi connectivity index (χ0n) is 13.3. The van der Waals surface area contributed by atoms with Crippen LogP contribution in [0, 0.1) is 11.8 Å². The zero-order valence-corrected chi connectivity index (χ0v) is 13.3. The van der Waals surface area contributed by atoms with Crippen molar-refractivity contribution in [2.24, 2.45) is 11.8 Å². The van der Waals surface area contributed by atoms with Crippen molar-refractivity contribution in [3.63, 3.8) is 0 Å². The summed E-state index contributed by atoms with van der Waals surface area (Å²) in [6.07, 6.45) is 13.8. The lowest BCUT2D eigenvalue weighted by Gasteiger charge is -2.35. The molecule has 2 bridgehead atoms. The third-order valence-corrected chi connectivity index (χ3v) is 4.83. The van der Waals surface area contributed by atoms with E-state index in [4.69, 9.17) is 14.2 Å². The molecule has 0 spiro atoms. The van der Waals surface area contributed by atoms with E-state index in [1.54, 1.807) is 30.6 Å². The van der Waals surface area contributed by atoms with Crippen LogP contribution in [0.4, 0.5) is 0 Å². The highest BCUT2D eigenvalue weighted by Gasteiger charge is 2.49. The lowest BCUT2D eigenvalue weighted by atomic mass is 9.80. The molecule has 24 heavy (non-hydrogen) atoms. The largest absolute Gasteiger partial charge is 0.482 e. The molecule has 4 heterocycles. The Labute approximate surface area is 140 Å². The summed E-state index contributed by atoms with van der Waals surface area (Å²) < 4.78 is 17.8. The minimum Gasteiger partial charge on any atom is -0.482 e. The SMILES string of the molecule is C[C@H]1[C@@H](C2OC(=O)C=CC2Oc2ccncc2)[C@@H]2C=CC=C[C@H]1O2. The number of allylic oxidation sites excluding steroid dienone is 2. The summed E-state index contributed by atoms with van der Waals surface area (Å²) >= 11 is 0. The van der Waals surface area contributed by atoms with E-state index in [-0.39, 0.29) is 36.1 Å². The van der Waals surface area contributed by atoms with Crippen LogP contribution < -0.4 is 4.74 Å². The van der Waals surface area contributed by atoms with Crippen LogP contribution in [0.25, 0.3) is 0 Å². The van der Waals surface area contributed by atoms with Crippen molar-refractivity contribution in [3.8, 4) is 5.75 Å². The number of esters is 1. The Morgan fingerprint density at radius 3 is 2.62 bits per heavy atom. The van der Waals surface area contributed by atoms with Crippen molar-refractivity contribution in [3.05, 3.63) is 61.0 Å². The third kappa shape index (κ3) is 2.76. The van der Waals surface area contributed by atoms with Crippen LogP contribution in [0.1, 0.15) is 6.92 Å². The van der Waals surface area contributed by atoms with Gasteiger partial charge in [0.2, 0.25) is 0 Å². The van der Waals surface area contributed by atoms with Gasteiger partial charge in [-0.2, -0.15) is 0 Å². The molecule has 124 valence electrons. The standard InChI is InChI=1S/C19H19NO4/c1-12-14-4-2-3-5-15(23-14)18(12)19-16(6-7-17(21)24-19)22-13-8-10-20-11-9-13/h2-12,14-16,18-19H,1H3/t12-,14-,15+,16?,18-,19?/m1/s1. The average molecular weight is 325 g/mol. The molecule has 0 radical (unpaired) electrons. The lowest BCUT2D eigenvalue weighted by molar-refractivity contribution is -0.154. The van der Waals surface area contributed by atoms with Gasteiger partial charge < -0.3 is 14.2 Å². The molecule has 5 heteroatoms. The van der Waals surface area contributed by atoms with Gasteiger partial charge in [0.1, 0.15) is 11.9 Å². The van der Waals surface area contributed by atoms with Gasteiger partial charge >= 0.3 is 5.97 Å². The molecule has 1 saturated heterocycles. The van der Waals surface area contributed by atoms with E-state index >= 15 is 0 Å². The number of carbonyl (C=O) groups is 1. The van der Waals surface area contributed by atoms with E-state index in [0.717, 1.165) is 0 Å². The minimum atomic E-state index is -0.392. The van der Waals surface area contributed by atoms with Crippen molar-refractivity contribution in [1.82, 2.24) is 4.98 Å². The van der Waals surface area contributed by atoms with Gasteiger partial charge in [-0.15, -0.1) is 0 Å². The molecule has 2 unspecified atom stereocenters. The van der Waals surface area contributed by atoms with Crippen LogP contribution in [0.2, 0.25) is 0 Å². The molecular formula is C19H19NO4. The van der Waals surface area contributed by atoms with Crippen molar-refractivity contribution >= 4 is 5.97 Å². The van der Waals surface area contributed by atoms with E-state index < -0.39 is 6.10 Å². The monoisotopic (exact) mass is 325 g/mol. The molecule has 4 rings (SSSR count). The first-order valence-electron chi connectivity index (χ1n) is 8.18. The zero-order chi connectivity index (χ0) is 16.5. The Morgan fingerprint density at radius 1 is 1.08 bits per heavy atom. The molecule has 0 N–H and O–H groups in total. The van der Waals surface area contributed by atoms with Crippen LogP contribution in [0.15, 0.2) is 61.0 Å². The number of carbonyl (C=O) groups excluding carboxylic acids is 1. The Kier molecular flexibility index (Phi) is 3.94. The maximum Gasteiger partial charge on any atom is 0.330 e. The van der Waals surface area contributed by atoms with Gasteiger partial charge in [-0.25, -0.2) is 4.79 Å². The van der Waals surface area contributed by atoms with E-state index in [1.807, 2.05) is 18.2 Å². The van der Waals surface area contributed by atoms with Gasteiger partial charge in [-0.05, 0) is 24.1 Å². The van der Waals surface area contributed by atoms with E-state index in [0.29, 0.717) is 5.75 Å². The predicted octanol–water partition coefficient (Wildman–Crippen LogP) is 2.46. The van der Waals surface area contributed by atoms with E-state index in [2.05, 4.69) is 18.0 Å². The summed E-state index contributed by atoms with van der Waals surface area (Å²) in [4.78, 5) is 15.8. The summed E-state index contributed by atoms with van der Waals surface area (Å²) in [5, 5.41) is 0. The average Bonchev–Trinajstić information content (AvgIpc) is 2.75. The lowest BCUT2D eigenvalue weighted by Crippen LogP contribution is -2.46. The molecule has 3 aliphatic heterocycles. The van der Waals surface area contributed by atoms with Crippen LogP contribution in [-0.4, -0.2) is 35.4 Å². The van der Waals surface area contributed by atoms with Crippen molar-refractivity contribution in [2.45, 2.75) is 31.3 Å². The molecule has 3 aliphatic rings. The fourth-order valence-corrected chi connectivity index (χ4v) is 3.64. The number of ether oxygens (including phenoxy) is 3. The smallest absolute Gasteiger partial charge is 0.330 e. The van der Waals surface area contributed by atoms with Gasteiger partial charge in [-0.1, -0.05) is 31.2 Å². The molecule has 0 aliphatic carbocycles. The van der Waals surface area contributed by atoms with Gasteiger partial charge in [0.05, 0.1) is 12.2 Å². The number of cyclic esters (lactones) is 1. The maximum atomic E-state index is 11.8. The fourth-order valence-electron chi connectivity index (χ4n) is 3.64. The summed E-state index contributed by atoms with van der Waals surface area (Å²) in [6, 6.07) is 3.59. The second kappa shape index (κ2) is 6.24. The van der Waals surface area contributed by atoms with Crippen LogP contribution in [0.3, 0.4) is 0 Å². The van der Waals surface area contributed by atoms with Crippen LogP contribution >= 0.6 is 0 Å². The minimum absolute atomic E-state index is 0.0289. The first-order chi connectivity index (χ1) is 11.7. The topological polar surface area (TPSA) is 57.7 Å². The number of hydrogen-bond acceptors (Lipinski definition) is 5. The van der Waals surface area contributed by atoms with Crippen LogP contribution in [-0.2, 0) is 14.3 Å². The summed E-state index contributed by atoms with van der Waals surface area (Å²) in [5.74, 6) is 0.631. The molecular weight excluding hydrogens is 306 g/mol. The maximum absolute atomic E-state index is 11.8. The first kappa shape index (κ1) is 15.1. The highest BCUT2D eigenvalue weighted by atomic mass is 16.6. The molecule has 0 saturated carbocycles. The molecule has 1 aromatic heterocycles. The number of nitrogens with zero attached hydrogens (tertiary/aromatic N) is 1. The number of rotatable bonds is 3. The van der Waals surface area contributed by atoms with Gasteiger partial charge in [0.25, 0.3) is 0 Å². The second-order valence-corrected chi connectivity index (χ2v) is 6.30. The number of hydrogen-bond donors (Lipinski definition) is 0. The highest BCUT2D eigenvalue weighted by Crippen LogP contribution is 2.41. The van der Waals surface area contributed by atoms with Gasteiger partial charge in [0, 0.05) is 24.4 Å². The molecule has 1 aromatic rings. The Bertz CT molecular complexity index is 697. The summed E-state index contributed by atoms with van der Waals surface area (Å²) in [6.45, 7) is 2.13. The molecule has 1 fully saturated rings. The molecule has 5 nitrogen and oxygen atoms in total. The highest BCUT2D eigenvalue weighted by molar-refractivity contribution is 5.83. The molecule has 6 atom stereocenters. The Hall–Kier alpha value is -2.40. The number of aromatic nitrogens is 1. The Morgan fingerprint density at radius 2 is 1.83 bits per heavy atom. The third-order valence-electron chi connectivity index (χ3n) is 4.83. The van der Waals surface area contributed by atoms with E-state index in [9.17, 15) is 4.79 Å². The van der Waals surface area contributed by atoms with Gasteiger partial charge in [0.15, 0.2) is 6.10 Å².